The molecule has 0 aliphatic carbocycles. The second-order valence-electron chi connectivity index (χ2n) is 5.98. The molecule has 0 atom stereocenters. The molecule has 0 heterocycles. The van der Waals surface area contributed by atoms with Crippen LogP contribution in [-0.2, 0) is 10.0 Å². The first kappa shape index (κ1) is 20.0. The SMILES string of the molecule is CC(=O)c1ccc(NC(=S)Nc2ccc(C)c(S(=O)(=O)N(C)C)c2)cc1. The lowest BCUT2D eigenvalue weighted by molar-refractivity contribution is 0.101. The third-order valence-electron chi connectivity index (χ3n) is 3.75. The van der Waals surface area contributed by atoms with E-state index in [1.165, 1.54) is 25.3 Å². The fourth-order valence-corrected chi connectivity index (χ4v) is 3.61. The van der Waals surface area contributed by atoms with Crippen LogP contribution in [0, 0.1) is 6.92 Å². The molecular weight excluding hydrogens is 370 g/mol. The van der Waals surface area contributed by atoms with Crippen LogP contribution >= 0.6 is 12.2 Å². The monoisotopic (exact) mass is 391 g/mol. The van der Waals surface area contributed by atoms with Crippen molar-refractivity contribution in [2.24, 2.45) is 0 Å². The molecule has 0 aliphatic heterocycles. The second kappa shape index (κ2) is 7.94. The first-order valence-electron chi connectivity index (χ1n) is 7.83. The fraction of sp³-hybridized carbons (Fsp3) is 0.222. The minimum absolute atomic E-state index is 0.00784. The zero-order chi connectivity index (χ0) is 19.5. The highest BCUT2D eigenvalue weighted by Crippen LogP contribution is 2.22. The molecule has 0 amide bonds. The van der Waals surface area contributed by atoms with E-state index in [9.17, 15) is 13.2 Å². The minimum atomic E-state index is -3.54. The summed E-state index contributed by atoms with van der Waals surface area (Å²) in [6, 6.07) is 12.0. The highest BCUT2D eigenvalue weighted by molar-refractivity contribution is 7.89. The van der Waals surface area contributed by atoms with Gasteiger partial charge >= 0.3 is 0 Å². The molecule has 138 valence electrons. The van der Waals surface area contributed by atoms with Crippen molar-refractivity contribution in [3.05, 3.63) is 53.6 Å². The van der Waals surface area contributed by atoms with E-state index in [4.69, 9.17) is 12.2 Å². The smallest absolute Gasteiger partial charge is 0.242 e. The number of thiocarbonyl (C=S) groups is 1. The number of rotatable bonds is 5. The van der Waals surface area contributed by atoms with Crippen LogP contribution in [0.1, 0.15) is 22.8 Å². The summed E-state index contributed by atoms with van der Waals surface area (Å²) in [5.74, 6) is -0.00784. The Morgan fingerprint density at radius 3 is 2.08 bits per heavy atom. The summed E-state index contributed by atoms with van der Waals surface area (Å²) in [4.78, 5) is 11.5. The van der Waals surface area contributed by atoms with Crippen molar-refractivity contribution in [1.82, 2.24) is 4.31 Å². The highest BCUT2D eigenvalue weighted by atomic mass is 32.2. The molecule has 26 heavy (non-hydrogen) atoms. The average molecular weight is 392 g/mol. The van der Waals surface area contributed by atoms with Crippen LogP contribution in [0.5, 0.6) is 0 Å². The van der Waals surface area contributed by atoms with Gasteiger partial charge in [-0.25, -0.2) is 12.7 Å². The summed E-state index contributed by atoms with van der Waals surface area (Å²) in [6.07, 6.45) is 0. The summed E-state index contributed by atoms with van der Waals surface area (Å²) in [5.41, 5.74) is 2.56. The van der Waals surface area contributed by atoms with Crippen LogP contribution in [0.25, 0.3) is 0 Å². The molecule has 0 aliphatic rings. The van der Waals surface area contributed by atoms with E-state index in [-0.39, 0.29) is 10.7 Å². The Kier molecular flexibility index (Phi) is 6.12. The lowest BCUT2D eigenvalue weighted by atomic mass is 10.1. The number of carbonyl (C=O) groups is 1. The molecule has 0 radical (unpaired) electrons. The van der Waals surface area contributed by atoms with Gasteiger partial charge < -0.3 is 10.6 Å². The lowest BCUT2D eigenvalue weighted by Gasteiger charge is -2.16. The number of nitrogens with zero attached hydrogens (tertiary/aromatic N) is 1. The summed E-state index contributed by atoms with van der Waals surface area (Å²) in [5, 5.41) is 6.30. The molecule has 0 aromatic heterocycles. The van der Waals surface area contributed by atoms with Gasteiger partial charge in [0.1, 0.15) is 0 Å². The zero-order valence-electron chi connectivity index (χ0n) is 15.0. The van der Waals surface area contributed by atoms with Gasteiger partial charge in [0.15, 0.2) is 10.9 Å². The van der Waals surface area contributed by atoms with Gasteiger partial charge in [0, 0.05) is 31.0 Å². The van der Waals surface area contributed by atoms with Crippen LogP contribution in [-0.4, -0.2) is 37.7 Å². The van der Waals surface area contributed by atoms with Crippen molar-refractivity contribution in [1.29, 1.82) is 0 Å². The quantitative estimate of drug-likeness (QED) is 0.602. The Labute approximate surface area is 159 Å². The van der Waals surface area contributed by atoms with E-state index in [0.29, 0.717) is 21.9 Å². The van der Waals surface area contributed by atoms with E-state index in [2.05, 4.69) is 10.6 Å². The molecule has 2 aromatic carbocycles. The first-order valence-corrected chi connectivity index (χ1v) is 9.68. The number of Topliss-reactive ketones (excluding diaryl/α,β-unsaturated/α-hetero) is 1. The van der Waals surface area contributed by atoms with Gasteiger partial charge in [-0.2, -0.15) is 0 Å². The molecule has 6 nitrogen and oxygen atoms in total. The Bertz CT molecular complexity index is 937. The summed E-state index contributed by atoms with van der Waals surface area (Å²) >= 11 is 5.27. The third-order valence-corrected chi connectivity index (χ3v) is 5.92. The number of anilines is 2. The lowest BCUT2D eigenvalue weighted by Crippen LogP contribution is -2.24. The van der Waals surface area contributed by atoms with Gasteiger partial charge in [0.05, 0.1) is 4.90 Å². The number of sulfonamides is 1. The van der Waals surface area contributed by atoms with Crippen molar-refractivity contribution >= 4 is 44.5 Å². The van der Waals surface area contributed by atoms with E-state index < -0.39 is 10.0 Å². The fourth-order valence-electron chi connectivity index (χ4n) is 2.23. The number of nitrogens with one attached hydrogen (secondary N) is 2. The van der Waals surface area contributed by atoms with Gasteiger partial charge in [-0.05, 0) is 68.0 Å². The van der Waals surface area contributed by atoms with Gasteiger partial charge in [-0.15, -0.1) is 0 Å². The predicted octanol–water partition coefficient (Wildman–Crippen LogP) is 3.26. The average Bonchev–Trinajstić information content (AvgIpc) is 2.56. The maximum absolute atomic E-state index is 12.4. The Hall–Kier alpha value is -2.29. The minimum Gasteiger partial charge on any atom is -0.332 e. The number of hydrogen-bond acceptors (Lipinski definition) is 4. The van der Waals surface area contributed by atoms with Crippen LogP contribution in [0.4, 0.5) is 11.4 Å². The zero-order valence-corrected chi connectivity index (χ0v) is 16.7. The molecule has 0 saturated heterocycles. The molecular formula is C18H21N3O3S2. The summed E-state index contributed by atoms with van der Waals surface area (Å²) in [7, 11) is -0.556. The van der Waals surface area contributed by atoms with Gasteiger partial charge in [-0.1, -0.05) is 6.07 Å². The first-order chi connectivity index (χ1) is 12.1. The van der Waals surface area contributed by atoms with Gasteiger partial charge in [0.25, 0.3) is 0 Å². The number of hydrogen-bond donors (Lipinski definition) is 2. The molecule has 0 fully saturated rings. The maximum Gasteiger partial charge on any atom is 0.242 e. The van der Waals surface area contributed by atoms with Crippen LogP contribution < -0.4 is 10.6 Å². The van der Waals surface area contributed by atoms with E-state index in [1.807, 2.05) is 0 Å². The van der Waals surface area contributed by atoms with Crippen molar-refractivity contribution < 1.29 is 13.2 Å². The summed E-state index contributed by atoms with van der Waals surface area (Å²) < 4.78 is 26.0. The maximum atomic E-state index is 12.4. The molecule has 2 N–H and O–H groups in total. The highest BCUT2D eigenvalue weighted by Gasteiger charge is 2.20. The standard InChI is InChI=1S/C18H21N3O3S2/c1-12-5-8-16(11-17(12)26(23,24)21(3)4)20-18(25)19-15-9-6-14(7-10-15)13(2)22/h5-11H,1-4H3,(H2,19,20,25). The van der Waals surface area contributed by atoms with E-state index in [0.717, 1.165) is 5.69 Å². The molecule has 0 saturated carbocycles. The van der Waals surface area contributed by atoms with E-state index >= 15 is 0 Å². The summed E-state index contributed by atoms with van der Waals surface area (Å²) in [6.45, 7) is 3.25. The van der Waals surface area contributed by atoms with Crippen molar-refractivity contribution in [3.8, 4) is 0 Å². The van der Waals surface area contributed by atoms with Gasteiger partial charge in [0.2, 0.25) is 10.0 Å². The molecule has 8 heteroatoms. The predicted molar refractivity (Wildman–Crippen MR) is 108 cm³/mol. The number of benzene rings is 2. The van der Waals surface area contributed by atoms with E-state index in [1.54, 1.807) is 49.4 Å². The topological polar surface area (TPSA) is 78.5 Å². The molecule has 0 unspecified atom stereocenters. The molecule has 2 aromatic rings. The number of ketones is 1. The van der Waals surface area contributed by atoms with Crippen LogP contribution in [0.2, 0.25) is 0 Å². The molecule has 2 rings (SSSR count). The van der Waals surface area contributed by atoms with Crippen LogP contribution in [0.3, 0.4) is 0 Å². The number of aryl methyl sites for hydroxylation is 1. The van der Waals surface area contributed by atoms with Crippen LogP contribution in [0.15, 0.2) is 47.4 Å². The second-order valence-corrected chi connectivity index (χ2v) is 8.51. The normalized spacial score (nSPS) is 11.3. The Balaban J connectivity index is 2.15. The van der Waals surface area contributed by atoms with Gasteiger partial charge in [-0.3, -0.25) is 4.79 Å². The van der Waals surface area contributed by atoms with Crippen molar-refractivity contribution in [2.75, 3.05) is 24.7 Å². The molecule has 0 bridgehead atoms. The Morgan fingerprint density at radius 1 is 1.00 bits per heavy atom. The third kappa shape index (κ3) is 4.66. The number of carbonyl (C=O) groups excluding carboxylic acids is 1. The van der Waals surface area contributed by atoms with Crippen molar-refractivity contribution in [2.45, 2.75) is 18.7 Å². The van der Waals surface area contributed by atoms with Crippen molar-refractivity contribution in [3.63, 3.8) is 0 Å². The molecule has 0 spiro atoms. The Morgan fingerprint density at radius 2 is 1.54 bits per heavy atom. The largest absolute Gasteiger partial charge is 0.332 e.